The maximum absolute atomic E-state index is 12.4. The van der Waals surface area contributed by atoms with E-state index in [0.717, 1.165) is 16.9 Å². The molecule has 1 aromatic rings. The second kappa shape index (κ2) is 7.23. The van der Waals surface area contributed by atoms with Crippen molar-refractivity contribution in [1.29, 1.82) is 0 Å². The first-order valence-electron chi connectivity index (χ1n) is 7.85. The standard InChI is InChI=1S/C17H21F3N2O2/c1-21(2)15(23)14-5-3-12(4-6-14)11-13-7-9-22(10-8-13)16(24)17(18,19)20/h3-6,13H,7-11H2,1-2H3. The van der Waals surface area contributed by atoms with Gasteiger partial charge in [0.05, 0.1) is 0 Å². The maximum atomic E-state index is 12.4. The third-order valence-corrected chi connectivity index (χ3v) is 4.28. The molecule has 0 saturated carbocycles. The summed E-state index contributed by atoms with van der Waals surface area (Å²) < 4.78 is 37.2. The van der Waals surface area contributed by atoms with Crippen molar-refractivity contribution in [3.8, 4) is 0 Å². The van der Waals surface area contributed by atoms with E-state index in [9.17, 15) is 22.8 Å². The highest BCUT2D eigenvalue weighted by atomic mass is 19.4. The molecular weight excluding hydrogens is 321 g/mol. The predicted molar refractivity (Wildman–Crippen MR) is 83.5 cm³/mol. The summed E-state index contributed by atoms with van der Waals surface area (Å²) in [7, 11) is 3.37. The fourth-order valence-electron chi connectivity index (χ4n) is 2.89. The number of likely N-dealkylation sites (tertiary alicyclic amines) is 1. The largest absolute Gasteiger partial charge is 0.471 e. The highest BCUT2D eigenvalue weighted by molar-refractivity contribution is 5.93. The van der Waals surface area contributed by atoms with Crippen LogP contribution in [-0.4, -0.2) is 55.0 Å². The highest BCUT2D eigenvalue weighted by Gasteiger charge is 2.43. The maximum Gasteiger partial charge on any atom is 0.471 e. The van der Waals surface area contributed by atoms with E-state index < -0.39 is 12.1 Å². The first-order chi connectivity index (χ1) is 11.2. The Balaban J connectivity index is 1.88. The Morgan fingerprint density at radius 2 is 1.67 bits per heavy atom. The number of benzene rings is 1. The van der Waals surface area contributed by atoms with Crippen LogP contribution in [0.25, 0.3) is 0 Å². The van der Waals surface area contributed by atoms with Crippen molar-refractivity contribution in [3.05, 3.63) is 35.4 Å². The Kier molecular flexibility index (Phi) is 5.51. The van der Waals surface area contributed by atoms with Gasteiger partial charge in [0.25, 0.3) is 5.91 Å². The number of carbonyl (C=O) groups is 2. The molecule has 0 bridgehead atoms. The molecule has 1 aromatic carbocycles. The lowest BCUT2D eigenvalue weighted by Gasteiger charge is -2.32. The minimum Gasteiger partial charge on any atom is -0.345 e. The quantitative estimate of drug-likeness (QED) is 0.847. The van der Waals surface area contributed by atoms with Gasteiger partial charge < -0.3 is 9.80 Å². The molecule has 0 unspecified atom stereocenters. The Bertz CT molecular complexity index is 589. The van der Waals surface area contributed by atoms with E-state index in [1.165, 1.54) is 4.90 Å². The Morgan fingerprint density at radius 3 is 2.12 bits per heavy atom. The van der Waals surface area contributed by atoms with Crippen molar-refractivity contribution in [2.75, 3.05) is 27.2 Å². The third-order valence-electron chi connectivity index (χ3n) is 4.28. The number of piperidine rings is 1. The van der Waals surface area contributed by atoms with Gasteiger partial charge in [-0.1, -0.05) is 12.1 Å². The molecule has 1 aliphatic heterocycles. The number of nitrogens with zero attached hydrogens (tertiary/aromatic N) is 2. The highest BCUT2D eigenvalue weighted by Crippen LogP contribution is 2.26. The lowest BCUT2D eigenvalue weighted by atomic mass is 9.90. The van der Waals surface area contributed by atoms with Gasteiger partial charge in [-0.25, -0.2) is 0 Å². The zero-order valence-electron chi connectivity index (χ0n) is 13.8. The molecule has 0 aromatic heterocycles. The van der Waals surface area contributed by atoms with Crippen molar-refractivity contribution in [1.82, 2.24) is 9.80 Å². The van der Waals surface area contributed by atoms with E-state index in [2.05, 4.69) is 0 Å². The summed E-state index contributed by atoms with van der Waals surface area (Å²) in [5.41, 5.74) is 1.65. The molecule has 0 spiro atoms. The fraction of sp³-hybridized carbons (Fsp3) is 0.529. The van der Waals surface area contributed by atoms with Crippen LogP contribution in [0.15, 0.2) is 24.3 Å². The van der Waals surface area contributed by atoms with Gasteiger partial charge in [0.15, 0.2) is 0 Å². The number of hydrogen-bond acceptors (Lipinski definition) is 2. The molecule has 1 fully saturated rings. The van der Waals surface area contributed by atoms with Gasteiger partial charge in [0, 0.05) is 32.7 Å². The summed E-state index contributed by atoms with van der Waals surface area (Å²) in [5, 5.41) is 0. The zero-order valence-corrected chi connectivity index (χ0v) is 13.8. The van der Waals surface area contributed by atoms with Crippen LogP contribution in [0.4, 0.5) is 13.2 Å². The Morgan fingerprint density at radius 1 is 1.12 bits per heavy atom. The summed E-state index contributed by atoms with van der Waals surface area (Å²) in [6, 6.07) is 7.29. The molecule has 4 nitrogen and oxygen atoms in total. The van der Waals surface area contributed by atoms with E-state index in [1.54, 1.807) is 26.2 Å². The topological polar surface area (TPSA) is 40.6 Å². The van der Waals surface area contributed by atoms with Crippen LogP contribution >= 0.6 is 0 Å². The van der Waals surface area contributed by atoms with E-state index in [0.29, 0.717) is 18.4 Å². The third kappa shape index (κ3) is 4.49. The molecule has 132 valence electrons. The number of carbonyl (C=O) groups excluding carboxylic acids is 2. The average molecular weight is 342 g/mol. The molecule has 7 heteroatoms. The van der Waals surface area contributed by atoms with Crippen LogP contribution < -0.4 is 0 Å². The minimum atomic E-state index is -4.79. The van der Waals surface area contributed by atoms with Gasteiger partial charge >= 0.3 is 12.1 Å². The number of hydrogen-bond donors (Lipinski definition) is 0. The molecule has 24 heavy (non-hydrogen) atoms. The molecule has 2 rings (SSSR count). The minimum absolute atomic E-state index is 0.0690. The van der Waals surface area contributed by atoms with Gasteiger partial charge in [-0.3, -0.25) is 9.59 Å². The molecule has 1 saturated heterocycles. The number of halogens is 3. The molecule has 1 aliphatic rings. The second-order valence-corrected chi connectivity index (χ2v) is 6.33. The van der Waals surface area contributed by atoms with E-state index in [1.807, 2.05) is 12.1 Å². The lowest BCUT2D eigenvalue weighted by molar-refractivity contribution is -0.186. The summed E-state index contributed by atoms with van der Waals surface area (Å²) in [4.78, 5) is 25.4. The van der Waals surface area contributed by atoms with Crippen LogP contribution in [0, 0.1) is 5.92 Å². The second-order valence-electron chi connectivity index (χ2n) is 6.33. The molecule has 0 atom stereocenters. The molecule has 1 heterocycles. The molecule has 2 amide bonds. The summed E-state index contributed by atoms with van der Waals surface area (Å²) in [6.45, 7) is 0.278. The van der Waals surface area contributed by atoms with Crippen molar-refractivity contribution < 1.29 is 22.8 Å². The van der Waals surface area contributed by atoms with E-state index >= 15 is 0 Å². The van der Waals surface area contributed by atoms with Crippen molar-refractivity contribution in [2.45, 2.75) is 25.4 Å². The van der Waals surface area contributed by atoms with Crippen LogP contribution in [-0.2, 0) is 11.2 Å². The Labute approximate surface area is 139 Å². The monoisotopic (exact) mass is 342 g/mol. The SMILES string of the molecule is CN(C)C(=O)c1ccc(CC2CCN(C(=O)C(F)(F)F)CC2)cc1. The zero-order chi connectivity index (χ0) is 17.9. The van der Waals surface area contributed by atoms with Gasteiger partial charge in [-0.05, 0) is 42.9 Å². The first kappa shape index (κ1) is 18.3. The number of rotatable bonds is 3. The lowest BCUT2D eigenvalue weighted by Crippen LogP contribution is -2.45. The fourth-order valence-corrected chi connectivity index (χ4v) is 2.89. The molecule has 0 N–H and O–H groups in total. The predicted octanol–water partition coefficient (Wildman–Crippen LogP) is 2.73. The van der Waals surface area contributed by atoms with Crippen molar-refractivity contribution >= 4 is 11.8 Å². The van der Waals surface area contributed by atoms with Crippen LogP contribution in [0.2, 0.25) is 0 Å². The van der Waals surface area contributed by atoms with Gasteiger partial charge in [0.1, 0.15) is 0 Å². The van der Waals surface area contributed by atoms with E-state index in [4.69, 9.17) is 0 Å². The smallest absolute Gasteiger partial charge is 0.345 e. The summed E-state index contributed by atoms with van der Waals surface area (Å²) >= 11 is 0. The molecule has 0 radical (unpaired) electrons. The van der Waals surface area contributed by atoms with Crippen LogP contribution in [0.5, 0.6) is 0 Å². The van der Waals surface area contributed by atoms with Gasteiger partial charge in [0.2, 0.25) is 0 Å². The molecule has 0 aliphatic carbocycles. The van der Waals surface area contributed by atoms with Gasteiger partial charge in [-0.15, -0.1) is 0 Å². The first-order valence-corrected chi connectivity index (χ1v) is 7.85. The van der Waals surface area contributed by atoms with Crippen molar-refractivity contribution in [3.63, 3.8) is 0 Å². The normalized spacial score (nSPS) is 16.1. The average Bonchev–Trinajstić information content (AvgIpc) is 2.54. The van der Waals surface area contributed by atoms with Crippen LogP contribution in [0.1, 0.15) is 28.8 Å². The summed E-state index contributed by atoms with van der Waals surface area (Å²) in [6.07, 6.45) is -2.94. The number of alkyl halides is 3. The van der Waals surface area contributed by atoms with Crippen LogP contribution in [0.3, 0.4) is 0 Å². The van der Waals surface area contributed by atoms with Crippen molar-refractivity contribution in [2.24, 2.45) is 5.92 Å². The Hall–Kier alpha value is -2.05. The molecular formula is C17H21F3N2O2. The van der Waals surface area contributed by atoms with Gasteiger partial charge in [-0.2, -0.15) is 13.2 Å². The van der Waals surface area contributed by atoms with E-state index in [-0.39, 0.29) is 24.9 Å². The summed E-state index contributed by atoms with van der Waals surface area (Å²) in [5.74, 6) is -1.56. The number of amides is 2.